The lowest BCUT2D eigenvalue weighted by atomic mass is 9.76. The first-order valence-corrected chi connectivity index (χ1v) is 4.38. The Labute approximate surface area is 72.0 Å². The number of hydrogen-bond donors (Lipinski definition) is 1. The lowest BCUT2D eigenvalue weighted by Crippen LogP contribution is -2.38. The van der Waals surface area contributed by atoms with Gasteiger partial charge in [-0.15, -0.1) is 0 Å². The lowest BCUT2D eigenvalue weighted by molar-refractivity contribution is -0.0323. The van der Waals surface area contributed by atoms with Crippen LogP contribution in [0.5, 0.6) is 0 Å². The number of nitrogens with zero attached hydrogens (tertiary/aromatic N) is 2. The minimum atomic E-state index is -0.414. The fraction of sp³-hybridized carbons (Fsp3) is 0.667. The van der Waals surface area contributed by atoms with Crippen molar-refractivity contribution in [1.29, 1.82) is 0 Å². The van der Waals surface area contributed by atoms with Crippen molar-refractivity contribution in [3.8, 4) is 0 Å². The summed E-state index contributed by atoms with van der Waals surface area (Å²) in [4.78, 5) is 0. The second-order valence-electron chi connectivity index (χ2n) is 3.78. The number of aromatic nitrogens is 2. The monoisotopic (exact) mass is 166 g/mol. The Morgan fingerprint density at radius 3 is 2.83 bits per heavy atom. The molecule has 0 saturated heterocycles. The molecule has 3 heteroatoms. The molecule has 2 rings (SSSR count). The van der Waals surface area contributed by atoms with Gasteiger partial charge >= 0.3 is 0 Å². The van der Waals surface area contributed by atoms with Gasteiger partial charge in [-0.2, -0.15) is 5.10 Å². The van der Waals surface area contributed by atoms with Crippen LogP contribution in [0, 0.1) is 0 Å². The van der Waals surface area contributed by atoms with E-state index in [1.165, 1.54) is 0 Å². The molecular weight excluding hydrogens is 152 g/mol. The van der Waals surface area contributed by atoms with Crippen LogP contribution in [0.3, 0.4) is 0 Å². The Morgan fingerprint density at radius 2 is 2.42 bits per heavy atom. The molecule has 1 N–H and O–H groups in total. The Bertz CT molecular complexity index is 276. The molecule has 1 aliphatic carbocycles. The Hall–Kier alpha value is -0.830. The molecule has 1 aromatic heterocycles. The van der Waals surface area contributed by atoms with E-state index < -0.39 is 5.60 Å². The molecule has 1 fully saturated rings. The highest BCUT2D eigenvalue weighted by Gasteiger charge is 2.34. The van der Waals surface area contributed by atoms with Crippen LogP contribution in [0.25, 0.3) is 0 Å². The quantitative estimate of drug-likeness (QED) is 0.708. The number of hydrogen-bond acceptors (Lipinski definition) is 2. The van der Waals surface area contributed by atoms with Gasteiger partial charge in [-0.25, -0.2) is 0 Å². The summed E-state index contributed by atoms with van der Waals surface area (Å²) >= 11 is 0. The van der Waals surface area contributed by atoms with E-state index >= 15 is 0 Å². The summed E-state index contributed by atoms with van der Waals surface area (Å²) < 4.78 is 1.78. The topological polar surface area (TPSA) is 38.0 Å². The van der Waals surface area contributed by atoms with Gasteiger partial charge in [0, 0.05) is 19.7 Å². The molecule has 1 heterocycles. The van der Waals surface area contributed by atoms with E-state index in [-0.39, 0.29) is 0 Å². The maximum Gasteiger partial charge on any atom is 0.0689 e. The highest BCUT2D eigenvalue weighted by Crippen LogP contribution is 2.34. The van der Waals surface area contributed by atoms with Crippen LogP contribution in [0.4, 0.5) is 0 Å². The van der Waals surface area contributed by atoms with E-state index in [1.54, 1.807) is 4.68 Å². The van der Waals surface area contributed by atoms with Crippen LogP contribution in [-0.2, 0) is 13.5 Å². The highest BCUT2D eigenvalue weighted by molar-refractivity contribution is 5.10. The molecule has 0 radical (unpaired) electrons. The third-order valence-electron chi connectivity index (χ3n) is 2.58. The van der Waals surface area contributed by atoms with Crippen LogP contribution in [0.15, 0.2) is 12.4 Å². The van der Waals surface area contributed by atoms with Crippen molar-refractivity contribution >= 4 is 0 Å². The fourth-order valence-corrected chi connectivity index (χ4v) is 1.70. The summed E-state index contributed by atoms with van der Waals surface area (Å²) in [5.41, 5.74) is 0.725. The van der Waals surface area contributed by atoms with Gasteiger partial charge in [0.15, 0.2) is 0 Å². The van der Waals surface area contributed by atoms with Crippen LogP contribution in [-0.4, -0.2) is 20.5 Å². The average Bonchev–Trinajstić information content (AvgIpc) is 2.32. The summed E-state index contributed by atoms with van der Waals surface area (Å²) in [5, 5.41) is 13.9. The van der Waals surface area contributed by atoms with E-state index in [2.05, 4.69) is 5.10 Å². The maximum absolute atomic E-state index is 9.84. The van der Waals surface area contributed by atoms with Crippen molar-refractivity contribution in [2.24, 2.45) is 7.05 Å². The second kappa shape index (κ2) is 2.59. The van der Waals surface area contributed by atoms with Crippen LogP contribution in [0.1, 0.15) is 24.8 Å². The van der Waals surface area contributed by atoms with E-state index in [1.807, 2.05) is 19.4 Å². The minimum absolute atomic E-state index is 0.414. The van der Waals surface area contributed by atoms with Gasteiger partial charge in [0.1, 0.15) is 0 Å². The largest absolute Gasteiger partial charge is 0.390 e. The Balaban J connectivity index is 2.03. The molecule has 0 spiro atoms. The molecule has 1 aromatic rings. The average molecular weight is 166 g/mol. The number of rotatable bonds is 2. The first-order valence-electron chi connectivity index (χ1n) is 4.38. The minimum Gasteiger partial charge on any atom is -0.390 e. The van der Waals surface area contributed by atoms with Gasteiger partial charge < -0.3 is 5.11 Å². The molecule has 3 nitrogen and oxygen atoms in total. The molecule has 1 saturated carbocycles. The number of aliphatic hydroxyl groups is 1. The van der Waals surface area contributed by atoms with E-state index in [0.717, 1.165) is 31.2 Å². The molecule has 66 valence electrons. The molecule has 1 aliphatic rings. The summed E-state index contributed by atoms with van der Waals surface area (Å²) in [5.74, 6) is 0. The zero-order chi connectivity index (χ0) is 8.60. The summed E-state index contributed by atoms with van der Waals surface area (Å²) in [6.07, 6.45) is 7.62. The van der Waals surface area contributed by atoms with Crippen molar-refractivity contribution in [3.05, 3.63) is 18.0 Å². The fourth-order valence-electron chi connectivity index (χ4n) is 1.70. The van der Waals surface area contributed by atoms with Gasteiger partial charge in [0.25, 0.3) is 0 Å². The zero-order valence-corrected chi connectivity index (χ0v) is 7.32. The van der Waals surface area contributed by atoms with Crippen molar-refractivity contribution in [1.82, 2.24) is 9.78 Å². The first-order chi connectivity index (χ1) is 5.68. The van der Waals surface area contributed by atoms with Gasteiger partial charge in [0.05, 0.1) is 11.8 Å². The van der Waals surface area contributed by atoms with Gasteiger partial charge in [-0.1, -0.05) is 0 Å². The van der Waals surface area contributed by atoms with Gasteiger partial charge in [-0.05, 0) is 24.8 Å². The predicted molar refractivity (Wildman–Crippen MR) is 45.7 cm³/mol. The van der Waals surface area contributed by atoms with Crippen molar-refractivity contribution < 1.29 is 5.11 Å². The normalized spacial score (nSPS) is 20.5. The van der Waals surface area contributed by atoms with Crippen LogP contribution in [0.2, 0.25) is 0 Å². The van der Waals surface area contributed by atoms with Gasteiger partial charge in [-0.3, -0.25) is 4.68 Å². The summed E-state index contributed by atoms with van der Waals surface area (Å²) in [7, 11) is 1.90. The second-order valence-corrected chi connectivity index (χ2v) is 3.78. The SMILES string of the molecule is Cn1cc(CC2(O)CCC2)cn1. The van der Waals surface area contributed by atoms with Crippen molar-refractivity contribution in [3.63, 3.8) is 0 Å². The molecule has 0 atom stereocenters. The molecule has 0 aliphatic heterocycles. The molecule has 0 amide bonds. The predicted octanol–water partition coefficient (Wildman–Crippen LogP) is 0.878. The van der Waals surface area contributed by atoms with E-state index in [4.69, 9.17) is 0 Å². The third kappa shape index (κ3) is 1.37. The lowest BCUT2D eigenvalue weighted by Gasteiger charge is -2.36. The van der Waals surface area contributed by atoms with Crippen molar-refractivity contribution in [2.75, 3.05) is 0 Å². The van der Waals surface area contributed by atoms with E-state index in [0.29, 0.717) is 0 Å². The summed E-state index contributed by atoms with van der Waals surface area (Å²) in [6.45, 7) is 0. The smallest absolute Gasteiger partial charge is 0.0689 e. The molecule has 0 aromatic carbocycles. The van der Waals surface area contributed by atoms with Crippen LogP contribution >= 0.6 is 0 Å². The standard InChI is InChI=1S/C9H14N2O/c1-11-7-8(6-10-11)5-9(12)3-2-4-9/h6-7,12H,2-5H2,1H3. The zero-order valence-electron chi connectivity index (χ0n) is 7.32. The van der Waals surface area contributed by atoms with Crippen molar-refractivity contribution in [2.45, 2.75) is 31.3 Å². The Morgan fingerprint density at radius 1 is 1.67 bits per heavy atom. The maximum atomic E-state index is 9.84. The van der Waals surface area contributed by atoms with Gasteiger partial charge in [0.2, 0.25) is 0 Å². The number of aryl methyl sites for hydroxylation is 1. The Kier molecular flexibility index (Phi) is 1.68. The molecule has 12 heavy (non-hydrogen) atoms. The summed E-state index contributed by atoms with van der Waals surface area (Å²) in [6, 6.07) is 0. The third-order valence-corrected chi connectivity index (χ3v) is 2.58. The van der Waals surface area contributed by atoms with E-state index in [9.17, 15) is 5.11 Å². The van der Waals surface area contributed by atoms with Crippen LogP contribution < -0.4 is 0 Å². The molecule has 0 bridgehead atoms. The molecular formula is C9H14N2O. The molecule has 0 unspecified atom stereocenters. The highest BCUT2D eigenvalue weighted by atomic mass is 16.3. The first kappa shape index (κ1) is 7.80.